The topological polar surface area (TPSA) is 140 Å². The van der Waals surface area contributed by atoms with E-state index in [0.717, 1.165) is 21.5 Å². The van der Waals surface area contributed by atoms with E-state index in [2.05, 4.69) is 9.98 Å². The van der Waals surface area contributed by atoms with E-state index in [4.69, 9.17) is 0 Å². The largest absolute Gasteiger partial charge is 0.508 e. The van der Waals surface area contributed by atoms with E-state index in [0.29, 0.717) is 45.1 Å². The molecule has 0 aliphatic carbocycles. The minimum atomic E-state index is -0.322. The molecule has 4 aliphatic heterocycles. The summed E-state index contributed by atoms with van der Waals surface area (Å²) in [7, 11) is 0. The molecule has 0 unspecified atom stereocenters. The zero-order chi connectivity index (χ0) is 32.9. The average Bonchev–Trinajstić information content (AvgIpc) is 3.48. The molecule has 4 amide bonds. The van der Waals surface area contributed by atoms with Crippen LogP contribution in [0, 0.1) is 25.7 Å². The fourth-order valence-corrected chi connectivity index (χ4v) is 6.93. The zero-order valence-corrected chi connectivity index (χ0v) is 27.4. The first kappa shape index (κ1) is 34.1. The number of phenols is 2. The molecule has 8 rings (SSSR count). The number of benzene rings is 4. The van der Waals surface area contributed by atoms with Crippen molar-refractivity contribution < 1.29 is 29.4 Å². The number of amides is 4. The van der Waals surface area contributed by atoms with E-state index in [1.165, 1.54) is 0 Å². The van der Waals surface area contributed by atoms with Gasteiger partial charge in [0.25, 0.3) is 23.6 Å². The van der Waals surface area contributed by atoms with E-state index >= 15 is 0 Å². The Morgan fingerprint density at radius 2 is 0.979 bits per heavy atom. The van der Waals surface area contributed by atoms with Crippen LogP contribution in [0.2, 0.25) is 0 Å². The number of nitrogens with zero attached hydrogens (tertiary/aromatic N) is 4. The molecular formula is C36H32B2N4O6. The number of aryl methyl sites for hydroxylation is 2. The predicted molar refractivity (Wildman–Crippen MR) is 185 cm³/mol. The molecule has 0 saturated carbocycles. The maximum absolute atomic E-state index is 13.0. The lowest BCUT2D eigenvalue weighted by Gasteiger charge is -2.32. The fraction of sp³-hybridized carbons (Fsp3) is 0.278. The summed E-state index contributed by atoms with van der Waals surface area (Å²) >= 11 is 0. The van der Waals surface area contributed by atoms with Crippen LogP contribution in [0.1, 0.15) is 70.7 Å². The lowest BCUT2D eigenvalue weighted by Crippen LogP contribution is -2.48. The molecule has 4 heterocycles. The van der Waals surface area contributed by atoms with Gasteiger partial charge in [-0.1, -0.05) is 38.1 Å². The minimum absolute atomic E-state index is 0. The third-order valence-corrected chi connectivity index (χ3v) is 10.1. The van der Waals surface area contributed by atoms with E-state index in [-0.39, 0.29) is 75.9 Å². The zero-order valence-electron chi connectivity index (χ0n) is 27.4. The van der Waals surface area contributed by atoms with Crippen molar-refractivity contribution in [3.63, 3.8) is 0 Å². The first-order valence-electron chi connectivity index (χ1n) is 15.3. The summed E-state index contributed by atoms with van der Waals surface area (Å²) in [6.45, 7) is 10.9. The first-order chi connectivity index (χ1) is 21.8. The van der Waals surface area contributed by atoms with Crippen LogP contribution in [0.25, 0.3) is 21.5 Å². The Kier molecular flexibility index (Phi) is 8.36. The highest BCUT2D eigenvalue weighted by molar-refractivity contribution is 6.32. The molecule has 4 atom stereocenters. The second-order valence-electron chi connectivity index (χ2n) is 12.5. The highest BCUT2D eigenvalue weighted by atomic mass is 16.3. The summed E-state index contributed by atoms with van der Waals surface area (Å²) < 4.78 is 0. The molecule has 0 saturated heterocycles. The van der Waals surface area contributed by atoms with E-state index in [9.17, 15) is 29.4 Å². The van der Waals surface area contributed by atoms with Crippen LogP contribution >= 0.6 is 0 Å². The van der Waals surface area contributed by atoms with Crippen LogP contribution in [-0.4, -0.2) is 84.2 Å². The summed E-state index contributed by atoms with van der Waals surface area (Å²) in [5.41, 5.74) is 3.76. The summed E-state index contributed by atoms with van der Waals surface area (Å²) in [4.78, 5) is 61.6. The Morgan fingerprint density at radius 3 is 1.50 bits per heavy atom. The van der Waals surface area contributed by atoms with Crippen LogP contribution in [0.4, 0.5) is 0 Å². The van der Waals surface area contributed by atoms with Gasteiger partial charge in [-0.2, -0.15) is 9.98 Å². The van der Waals surface area contributed by atoms with Crippen molar-refractivity contribution in [2.45, 2.75) is 53.6 Å². The summed E-state index contributed by atoms with van der Waals surface area (Å²) in [5.74, 6) is -0.152. The molecule has 48 heavy (non-hydrogen) atoms. The van der Waals surface area contributed by atoms with Crippen molar-refractivity contribution in [2.24, 2.45) is 21.8 Å². The Balaban J connectivity index is 0.000000180. The lowest BCUT2D eigenvalue weighted by molar-refractivity contribution is -0.123. The Labute approximate surface area is 281 Å². The van der Waals surface area contributed by atoms with Gasteiger partial charge in [0, 0.05) is 50.8 Å². The van der Waals surface area contributed by atoms with Gasteiger partial charge >= 0.3 is 0 Å². The molecule has 4 aliphatic rings. The van der Waals surface area contributed by atoms with Gasteiger partial charge in [-0.3, -0.25) is 29.0 Å². The number of hydrogen-bond acceptors (Lipinski definition) is 6. The third-order valence-electron chi connectivity index (χ3n) is 10.1. The highest BCUT2D eigenvalue weighted by Crippen LogP contribution is 2.40. The summed E-state index contributed by atoms with van der Waals surface area (Å²) in [6.07, 6.45) is 0. The molecule has 238 valence electrons. The number of aromatic hydroxyl groups is 2. The molecule has 0 spiro atoms. The number of rotatable bonds is 0. The SMILES string of the molecule is Cc1c(O)ccc2ccc3c(c12)C(=O)N1C3=NC(=O)[C@@H](C)[C@H]1C.Cc1c(O)ccc2ccc3c(c12)C1=NC(=O)[C@H](C)[C@H](C)N1C3=O.[B].[B]. The maximum atomic E-state index is 13.0. The number of aliphatic imine (C=N–C) groups is 2. The normalized spacial score (nSPS) is 22.1. The maximum Gasteiger partial charge on any atom is 0.261 e. The summed E-state index contributed by atoms with van der Waals surface area (Å²) in [5, 5.41) is 23.4. The van der Waals surface area contributed by atoms with Gasteiger partial charge in [-0.15, -0.1) is 0 Å². The van der Waals surface area contributed by atoms with Crippen molar-refractivity contribution in [3.05, 3.63) is 81.9 Å². The number of phenolic OH excluding ortho intramolecular Hbond substituents is 2. The molecule has 6 radical (unpaired) electrons. The van der Waals surface area contributed by atoms with Gasteiger partial charge in [-0.25, -0.2) is 0 Å². The lowest BCUT2D eigenvalue weighted by atomic mass is 9.95. The van der Waals surface area contributed by atoms with Gasteiger partial charge < -0.3 is 10.2 Å². The van der Waals surface area contributed by atoms with Crippen LogP contribution in [0.5, 0.6) is 11.5 Å². The van der Waals surface area contributed by atoms with Crippen molar-refractivity contribution in [2.75, 3.05) is 0 Å². The van der Waals surface area contributed by atoms with Gasteiger partial charge in [0.05, 0.1) is 23.0 Å². The first-order valence-corrected chi connectivity index (χ1v) is 15.3. The molecular weight excluding hydrogens is 606 g/mol. The predicted octanol–water partition coefficient (Wildman–Crippen LogP) is 4.48. The Hall–Kier alpha value is -5.25. The van der Waals surface area contributed by atoms with Crippen molar-refractivity contribution >= 4 is 73.7 Å². The second-order valence-corrected chi connectivity index (χ2v) is 12.5. The van der Waals surface area contributed by atoms with Crippen LogP contribution in [0.3, 0.4) is 0 Å². The Morgan fingerprint density at radius 1 is 0.562 bits per heavy atom. The highest BCUT2D eigenvalue weighted by Gasteiger charge is 2.46. The Bertz CT molecular complexity index is 2180. The van der Waals surface area contributed by atoms with Crippen molar-refractivity contribution in [1.82, 2.24) is 9.80 Å². The van der Waals surface area contributed by atoms with Crippen LogP contribution in [-0.2, 0) is 9.59 Å². The molecule has 4 aromatic carbocycles. The van der Waals surface area contributed by atoms with E-state index < -0.39 is 0 Å². The fourth-order valence-electron chi connectivity index (χ4n) is 6.93. The number of hydrogen-bond donors (Lipinski definition) is 2. The van der Waals surface area contributed by atoms with Crippen LogP contribution in [0.15, 0.2) is 58.5 Å². The van der Waals surface area contributed by atoms with Gasteiger partial charge in [0.15, 0.2) is 0 Å². The van der Waals surface area contributed by atoms with Gasteiger partial charge in [0.2, 0.25) is 0 Å². The third kappa shape index (κ3) is 4.57. The molecule has 0 fully saturated rings. The number of carbonyl (C=O) groups is 4. The van der Waals surface area contributed by atoms with Crippen LogP contribution < -0.4 is 0 Å². The molecule has 4 aromatic rings. The summed E-state index contributed by atoms with van der Waals surface area (Å²) in [6, 6.07) is 13.8. The number of fused-ring (bicyclic) bond motifs is 10. The average molecular weight is 638 g/mol. The smallest absolute Gasteiger partial charge is 0.261 e. The van der Waals surface area contributed by atoms with E-state index in [1.807, 2.05) is 45.0 Å². The second kappa shape index (κ2) is 11.8. The molecule has 2 N–H and O–H groups in total. The molecule has 0 aromatic heterocycles. The molecule has 0 bridgehead atoms. The monoisotopic (exact) mass is 638 g/mol. The van der Waals surface area contributed by atoms with Crippen molar-refractivity contribution in [1.29, 1.82) is 0 Å². The number of carbonyl (C=O) groups excluding carboxylic acids is 4. The minimum Gasteiger partial charge on any atom is -0.508 e. The number of amidine groups is 2. The molecule has 10 nitrogen and oxygen atoms in total. The van der Waals surface area contributed by atoms with E-state index in [1.54, 1.807) is 54.8 Å². The van der Waals surface area contributed by atoms with Gasteiger partial charge in [-0.05, 0) is 73.9 Å². The quantitative estimate of drug-likeness (QED) is 0.273. The molecule has 12 heteroatoms. The standard InChI is InChI=1S/2C18H16N2O3.2B/c1-8-10(3)20-16(19-17(8)22)15-12(18(20)23)6-4-11-5-7-13(21)9(2)14(11)15;1-8-10(3)20-16(19-17(8)22)12-6-4-11-5-7-13(21)9(2)14(11)15(12)18(20)23;;/h2*4-8,10,21H,1-3H3;;/t2*8-,10+;;/m10../s1. The van der Waals surface area contributed by atoms with Crippen molar-refractivity contribution in [3.8, 4) is 11.5 Å². The van der Waals surface area contributed by atoms with Gasteiger partial charge in [0.1, 0.15) is 23.2 Å².